The molecule has 0 N–H and O–H groups in total. The molecule has 8 heteroatoms. The van der Waals surface area contributed by atoms with Crippen LogP contribution in [0.3, 0.4) is 0 Å². The topological polar surface area (TPSA) is 65.8 Å². The number of benzene rings is 1. The molecular formula is C18H20ClN3O4. The minimum absolute atomic E-state index is 0.0573. The van der Waals surface area contributed by atoms with Crippen LogP contribution >= 0.6 is 11.6 Å². The van der Waals surface area contributed by atoms with E-state index in [4.69, 9.17) is 25.8 Å². The summed E-state index contributed by atoms with van der Waals surface area (Å²) in [7, 11) is 1.81. The monoisotopic (exact) mass is 377 g/mol. The van der Waals surface area contributed by atoms with Crippen LogP contribution in [0.15, 0.2) is 24.4 Å². The molecule has 1 amide bonds. The molecule has 0 aliphatic carbocycles. The van der Waals surface area contributed by atoms with Crippen molar-refractivity contribution < 1.29 is 19.0 Å². The smallest absolute Gasteiger partial charge is 0.231 e. The zero-order valence-electron chi connectivity index (χ0n) is 14.5. The Hall–Kier alpha value is -2.25. The first-order valence-corrected chi connectivity index (χ1v) is 8.91. The minimum Gasteiger partial charge on any atom is -0.454 e. The molecule has 1 aromatic heterocycles. The molecule has 0 unspecified atom stereocenters. The number of nitrogens with zero attached hydrogens (tertiary/aromatic N) is 3. The zero-order chi connectivity index (χ0) is 18.1. The minimum atomic E-state index is -0.119. The molecule has 2 aromatic rings. The van der Waals surface area contributed by atoms with Gasteiger partial charge in [-0.05, 0) is 24.1 Å². The van der Waals surface area contributed by atoms with E-state index in [2.05, 4.69) is 5.10 Å². The van der Waals surface area contributed by atoms with Crippen LogP contribution < -0.4 is 9.47 Å². The fourth-order valence-electron chi connectivity index (χ4n) is 3.25. The van der Waals surface area contributed by atoms with Gasteiger partial charge in [-0.2, -0.15) is 5.10 Å². The van der Waals surface area contributed by atoms with Crippen LogP contribution in [0, 0.1) is 5.92 Å². The van der Waals surface area contributed by atoms with E-state index in [9.17, 15) is 4.79 Å². The molecule has 3 heterocycles. The highest BCUT2D eigenvalue weighted by Crippen LogP contribution is 2.33. The van der Waals surface area contributed by atoms with E-state index in [1.54, 1.807) is 15.8 Å². The standard InChI is InChI=1S/C18H20ClN3O4/c1-21-8-14(19)15(20-21)9-22(18(23)13-4-5-24-10-13)7-12-2-3-16-17(6-12)26-11-25-16/h2-3,6,8,13H,4-5,7,9-11H2,1H3/t13-/m1/s1. The second-order valence-corrected chi connectivity index (χ2v) is 6.95. The maximum atomic E-state index is 13.0. The van der Waals surface area contributed by atoms with Crippen LogP contribution in [0.5, 0.6) is 11.5 Å². The van der Waals surface area contributed by atoms with Crippen LogP contribution in [0.1, 0.15) is 17.7 Å². The van der Waals surface area contributed by atoms with E-state index in [-0.39, 0.29) is 18.6 Å². The van der Waals surface area contributed by atoms with Crippen molar-refractivity contribution in [2.24, 2.45) is 13.0 Å². The summed E-state index contributed by atoms with van der Waals surface area (Å²) in [5.74, 6) is 1.37. The van der Waals surface area contributed by atoms with Crippen molar-refractivity contribution in [2.45, 2.75) is 19.5 Å². The van der Waals surface area contributed by atoms with E-state index in [1.807, 2.05) is 25.2 Å². The number of carbonyl (C=O) groups excluding carboxylic acids is 1. The fraction of sp³-hybridized carbons (Fsp3) is 0.444. The summed E-state index contributed by atoms with van der Waals surface area (Å²) in [6.07, 6.45) is 2.48. The van der Waals surface area contributed by atoms with Crippen LogP contribution in [0.4, 0.5) is 0 Å². The highest BCUT2D eigenvalue weighted by Gasteiger charge is 2.29. The van der Waals surface area contributed by atoms with Gasteiger partial charge in [-0.1, -0.05) is 17.7 Å². The molecule has 0 radical (unpaired) electrons. The van der Waals surface area contributed by atoms with Gasteiger partial charge >= 0.3 is 0 Å². The molecule has 1 saturated heterocycles. The first-order valence-electron chi connectivity index (χ1n) is 8.53. The molecule has 138 valence electrons. The van der Waals surface area contributed by atoms with E-state index < -0.39 is 0 Å². The third kappa shape index (κ3) is 3.50. The summed E-state index contributed by atoms with van der Waals surface area (Å²) in [5.41, 5.74) is 1.65. The number of aryl methyl sites for hydroxylation is 1. The number of amides is 1. The molecule has 26 heavy (non-hydrogen) atoms. The molecule has 1 fully saturated rings. The quantitative estimate of drug-likeness (QED) is 0.800. The Balaban J connectivity index is 1.57. The second-order valence-electron chi connectivity index (χ2n) is 6.54. The van der Waals surface area contributed by atoms with E-state index in [1.165, 1.54) is 0 Å². The van der Waals surface area contributed by atoms with Crippen LogP contribution in [0.2, 0.25) is 5.02 Å². The molecule has 0 saturated carbocycles. The fourth-order valence-corrected chi connectivity index (χ4v) is 3.49. The molecular weight excluding hydrogens is 358 g/mol. The van der Waals surface area contributed by atoms with Gasteiger partial charge in [0.25, 0.3) is 0 Å². The number of carbonyl (C=O) groups is 1. The number of halogens is 1. The lowest BCUT2D eigenvalue weighted by Crippen LogP contribution is -2.35. The highest BCUT2D eigenvalue weighted by atomic mass is 35.5. The Morgan fingerprint density at radius 1 is 1.35 bits per heavy atom. The summed E-state index contributed by atoms with van der Waals surface area (Å²) in [6.45, 7) is 2.11. The average Bonchev–Trinajstić information content (AvgIpc) is 3.35. The van der Waals surface area contributed by atoms with Gasteiger partial charge in [0.1, 0.15) is 5.69 Å². The Bertz CT molecular complexity index is 817. The Morgan fingerprint density at radius 3 is 2.92 bits per heavy atom. The predicted molar refractivity (Wildman–Crippen MR) is 94.0 cm³/mol. The van der Waals surface area contributed by atoms with Gasteiger partial charge in [-0.15, -0.1) is 0 Å². The molecule has 0 bridgehead atoms. The third-order valence-corrected chi connectivity index (χ3v) is 4.91. The third-order valence-electron chi connectivity index (χ3n) is 4.60. The molecule has 1 atom stereocenters. The predicted octanol–water partition coefficient (Wildman–Crippen LogP) is 2.37. The van der Waals surface area contributed by atoms with Crippen molar-refractivity contribution in [3.8, 4) is 11.5 Å². The van der Waals surface area contributed by atoms with Gasteiger partial charge in [-0.25, -0.2) is 0 Å². The lowest BCUT2D eigenvalue weighted by atomic mass is 10.1. The first kappa shape index (κ1) is 17.2. The number of fused-ring (bicyclic) bond motifs is 1. The lowest BCUT2D eigenvalue weighted by Gasteiger charge is -2.25. The molecule has 0 spiro atoms. The van der Waals surface area contributed by atoms with Crippen molar-refractivity contribution in [1.29, 1.82) is 0 Å². The lowest BCUT2D eigenvalue weighted by molar-refractivity contribution is -0.136. The summed E-state index contributed by atoms with van der Waals surface area (Å²) in [4.78, 5) is 14.8. The number of aromatic nitrogens is 2. The summed E-state index contributed by atoms with van der Waals surface area (Å²) >= 11 is 6.25. The van der Waals surface area contributed by atoms with Gasteiger partial charge in [0, 0.05) is 26.4 Å². The highest BCUT2D eigenvalue weighted by molar-refractivity contribution is 6.31. The Morgan fingerprint density at radius 2 is 2.19 bits per heavy atom. The maximum Gasteiger partial charge on any atom is 0.231 e. The van der Waals surface area contributed by atoms with E-state index in [0.29, 0.717) is 42.8 Å². The van der Waals surface area contributed by atoms with Crippen LogP contribution in [0.25, 0.3) is 0 Å². The second kappa shape index (κ2) is 7.17. The van der Waals surface area contributed by atoms with Gasteiger partial charge in [0.15, 0.2) is 11.5 Å². The maximum absolute atomic E-state index is 13.0. The van der Waals surface area contributed by atoms with Gasteiger partial charge < -0.3 is 19.1 Å². The zero-order valence-corrected chi connectivity index (χ0v) is 15.2. The number of ether oxygens (including phenoxy) is 3. The molecule has 7 nitrogen and oxygen atoms in total. The van der Waals surface area contributed by atoms with E-state index in [0.717, 1.165) is 17.7 Å². The normalized spacial score (nSPS) is 18.3. The Kier molecular flexibility index (Phi) is 4.74. The molecule has 2 aliphatic heterocycles. The average molecular weight is 378 g/mol. The largest absolute Gasteiger partial charge is 0.454 e. The van der Waals surface area contributed by atoms with Crippen molar-refractivity contribution in [3.63, 3.8) is 0 Å². The SMILES string of the molecule is Cn1cc(Cl)c(CN(Cc2ccc3c(c2)OCO3)C(=O)[C@@H]2CCOC2)n1. The molecule has 4 rings (SSSR count). The summed E-state index contributed by atoms with van der Waals surface area (Å²) in [6, 6.07) is 5.72. The van der Waals surface area contributed by atoms with Crippen molar-refractivity contribution in [1.82, 2.24) is 14.7 Å². The summed E-state index contributed by atoms with van der Waals surface area (Å²) in [5, 5.41) is 4.93. The van der Waals surface area contributed by atoms with Crippen molar-refractivity contribution in [2.75, 3.05) is 20.0 Å². The molecule has 1 aromatic carbocycles. The van der Waals surface area contributed by atoms with Crippen LogP contribution in [-0.2, 0) is 29.7 Å². The van der Waals surface area contributed by atoms with Crippen molar-refractivity contribution in [3.05, 3.63) is 40.7 Å². The number of hydrogen-bond donors (Lipinski definition) is 0. The first-order chi connectivity index (χ1) is 12.6. The number of hydrogen-bond acceptors (Lipinski definition) is 5. The van der Waals surface area contributed by atoms with Crippen molar-refractivity contribution >= 4 is 17.5 Å². The van der Waals surface area contributed by atoms with E-state index >= 15 is 0 Å². The Labute approximate surface area is 156 Å². The number of rotatable bonds is 5. The summed E-state index contributed by atoms with van der Waals surface area (Å²) < 4.78 is 17.8. The van der Waals surface area contributed by atoms with Gasteiger partial charge in [0.05, 0.1) is 24.1 Å². The van der Waals surface area contributed by atoms with Crippen LogP contribution in [-0.4, -0.2) is 40.6 Å². The molecule has 2 aliphatic rings. The van der Waals surface area contributed by atoms with Gasteiger partial charge in [-0.3, -0.25) is 9.48 Å². The van der Waals surface area contributed by atoms with Gasteiger partial charge in [0.2, 0.25) is 12.7 Å².